The molecule has 3 aliphatic carbocycles. The second-order valence-corrected chi connectivity index (χ2v) is 10.6. The van der Waals surface area contributed by atoms with Crippen LogP contribution in [0.25, 0.3) is 0 Å². The molecule has 2 saturated carbocycles. The largest absolute Gasteiger partial charge is 0.392 e. The maximum absolute atomic E-state index is 13.2. The van der Waals surface area contributed by atoms with Crippen molar-refractivity contribution in [2.75, 3.05) is 5.75 Å². The fourth-order valence-electron chi connectivity index (χ4n) is 5.99. The topological polar surface area (TPSA) is 74.7 Å². The molecule has 6 heteroatoms. The summed E-state index contributed by atoms with van der Waals surface area (Å²) in [5.41, 5.74) is -0.334. The van der Waals surface area contributed by atoms with Gasteiger partial charge in [-0.05, 0) is 49.9 Å². The Morgan fingerprint density at radius 2 is 2.00 bits per heavy atom. The first-order chi connectivity index (χ1) is 11.2. The molecule has 5 nitrogen and oxygen atoms in total. The van der Waals surface area contributed by atoms with E-state index in [1.54, 1.807) is 0 Å². The fourth-order valence-corrected chi connectivity index (χ4v) is 8.58. The van der Waals surface area contributed by atoms with Crippen LogP contribution < -0.4 is 0 Å². The van der Waals surface area contributed by atoms with Gasteiger partial charge in [0.25, 0.3) is 0 Å². The molecule has 1 saturated heterocycles. The van der Waals surface area contributed by atoms with Crippen LogP contribution in [0.4, 0.5) is 0 Å². The van der Waals surface area contributed by atoms with Gasteiger partial charge in [-0.15, -0.1) is 0 Å². The van der Waals surface area contributed by atoms with Gasteiger partial charge >= 0.3 is 0 Å². The lowest BCUT2D eigenvalue weighted by molar-refractivity contribution is -0.136. The third kappa shape index (κ3) is 1.96. The third-order valence-corrected chi connectivity index (χ3v) is 9.51. The van der Waals surface area contributed by atoms with Crippen LogP contribution in [0.5, 0.6) is 0 Å². The van der Waals surface area contributed by atoms with Crippen molar-refractivity contribution in [2.24, 2.45) is 22.7 Å². The predicted molar refractivity (Wildman–Crippen MR) is 90.5 cm³/mol. The zero-order chi connectivity index (χ0) is 17.3. The SMILES string of the molecule is CC1(C)[C@@H]2CC[C@]13CS(=O)(=O)N(C(=O)[C@@H]1CC=CCC[C@@H]1O)[C@@H]3C2. The van der Waals surface area contributed by atoms with Crippen LogP contribution in [0.2, 0.25) is 0 Å². The lowest BCUT2D eigenvalue weighted by Crippen LogP contribution is -2.48. The van der Waals surface area contributed by atoms with Gasteiger partial charge in [-0.25, -0.2) is 12.7 Å². The Morgan fingerprint density at radius 1 is 1.25 bits per heavy atom. The predicted octanol–water partition coefficient (Wildman–Crippen LogP) is 2.07. The highest BCUT2D eigenvalue weighted by Gasteiger charge is 2.72. The number of carbonyl (C=O) groups excluding carboxylic acids is 1. The zero-order valence-electron chi connectivity index (χ0n) is 14.4. The number of fused-ring (bicyclic) bond motifs is 1. The number of amides is 1. The summed E-state index contributed by atoms with van der Waals surface area (Å²) >= 11 is 0. The summed E-state index contributed by atoms with van der Waals surface area (Å²) in [6.07, 6.45) is 7.55. The van der Waals surface area contributed by atoms with Gasteiger partial charge in [0.15, 0.2) is 0 Å². The summed E-state index contributed by atoms with van der Waals surface area (Å²) in [4.78, 5) is 13.2. The van der Waals surface area contributed by atoms with Crippen molar-refractivity contribution in [3.05, 3.63) is 12.2 Å². The first kappa shape index (κ1) is 16.6. The van der Waals surface area contributed by atoms with Gasteiger partial charge in [-0.3, -0.25) is 4.79 Å². The number of nitrogens with zero attached hydrogens (tertiary/aromatic N) is 1. The van der Waals surface area contributed by atoms with Gasteiger partial charge in [-0.1, -0.05) is 26.0 Å². The van der Waals surface area contributed by atoms with E-state index in [4.69, 9.17) is 0 Å². The van der Waals surface area contributed by atoms with E-state index in [0.717, 1.165) is 25.7 Å². The Kier molecular flexibility index (Phi) is 3.50. The lowest BCUT2D eigenvalue weighted by Gasteiger charge is -2.37. The number of aliphatic hydroxyl groups is 1. The summed E-state index contributed by atoms with van der Waals surface area (Å²) < 4.78 is 27.1. The molecule has 0 unspecified atom stereocenters. The maximum atomic E-state index is 13.2. The minimum absolute atomic E-state index is 0.0399. The summed E-state index contributed by atoms with van der Waals surface area (Å²) in [5, 5.41) is 10.3. The van der Waals surface area contributed by atoms with E-state index in [1.165, 1.54) is 4.31 Å². The molecule has 0 aromatic carbocycles. The smallest absolute Gasteiger partial charge is 0.242 e. The van der Waals surface area contributed by atoms with E-state index < -0.39 is 22.0 Å². The molecule has 0 aromatic heterocycles. The van der Waals surface area contributed by atoms with Crippen molar-refractivity contribution in [1.29, 1.82) is 0 Å². The van der Waals surface area contributed by atoms with E-state index in [1.807, 2.05) is 12.2 Å². The molecule has 4 aliphatic rings. The van der Waals surface area contributed by atoms with Gasteiger partial charge in [-0.2, -0.15) is 0 Å². The molecule has 134 valence electrons. The number of aliphatic hydroxyl groups excluding tert-OH is 1. The van der Waals surface area contributed by atoms with Crippen molar-refractivity contribution in [3.63, 3.8) is 0 Å². The van der Waals surface area contributed by atoms with Gasteiger partial charge in [0.1, 0.15) is 0 Å². The molecule has 5 atom stereocenters. The Morgan fingerprint density at radius 3 is 2.71 bits per heavy atom. The van der Waals surface area contributed by atoms with Crippen molar-refractivity contribution >= 4 is 15.9 Å². The van der Waals surface area contributed by atoms with Crippen LogP contribution in [-0.4, -0.2) is 41.6 Å². The highest BCUT2D eigenvalue weighted by molar-refractivity contribution is 7.90. The van der Waals surface area contributed by atoms with Gasteiger partial charge in [0.2, 0.25) is 15.9 Å². The third-order valence-electron chi connectivity index (χ3n) is 7.60. The quantitative estimate of drug-likeness (QED) is 0.732. The van der Waals surface area contributed by atoms with Crippen molar-refractivity contribution in [2.45, 2.75) is 64.5 Å². The van der Waals surface area contributed by atoms with Crippen LogP contribution in [0.3, 0.4) is 0 Å². The van der Waals surface area contributed by atoms with Crippen LogP contribution in [-0.2, 0) is 14.8 Å². The van der Waals surface area contributed by atoms with Crippen LogP contribution >= 0.6 is 0 Å². The number of rotatable bonds is 1. The Hall–Kier alpha value is -0.880. The van der Waals surface area contributed by atoms with Crippen LogP contribution in [0.15, 0.2) is 12.2 Å². The second-order valence-electron chi connectivity index (χ2n) is 8.71. The maximum Gasteiger partial charge on any atom is 0.242 e. The standard InChI is InChI=1S/C18H27NO4S/c1-17(2)12-8-9-18(17)11-24(22,23)19(15(18)10-12)16(21)13-6-4-3-5-7-14(13)20/h3-4,12-15,20H,5-11H2,1-2H3/t12-,13-,14+,15-,18-/m1/s1. The summed E-state index contributed by atoms with van der Waals surface area (Å²) in [6, 6.07) is -0.205. The molecule has 1 heterocycles. The molecule has 4 rings (SSSR count). The molecule has 1 N–H and O–H groups in total. The lowest BCUT2D eigenvalue weighted by atomic mass is 9.69. The van der Waals surface area contributed by atoms with Crippen molar-refractivity contribution < 1.29 is 18.3 Å². The minimum atomic E-state index is -3.60. The van der Waals surface area contributed by atoms with Crippen LogP contribution in [0.1, 0.15) is 52.4 Å². The first-order valence-electron chi connectivity index (χ1n) is 9.10. The summed E-state index contributed by atoms with van der Waals surface area (Å²) in [5.74, 6) is -0.416. The molecule has 0 aromatic rings. The van der Waals surface area contributed by atoms with Crippen LogP contribution in [0, 0.1) is 22.7 Å². The van der Waals surface area contributed by atoms with E-state index in [9.17, 15) is 18.3 Å². The fraction of sp³-hybridized carbons (Fsp3) is 0.833. The van der Waals surface area contributed by atoms with Crippen molar-refractivity contribution in [1.82, 2.24) is 4.31 Å². The Labute approximate surface area is 144 Å². The highest BCUT2D eigenvalue weighted by atomic mass is 32.2. The Balaban J connectivity index is 1.71. The molecule has 24 heavy (non-hydrogen) atoms. The van der Waals surface area contributed by atoms with Crippen molar-refractivity contribution in [3.8, 4) is 0 Å². The summed E-state index contributed by atoms with van der Waals surface area (Å²) in [6.45, 7) is 4.36. The number of allylic oxidation sites excluding steroid dienone is 2. The van der Waals surface area contributed by atoms with Gasteiger partial charge in [0.05, 0.1) is 23.8 Å². The molecule has 1 aliphatic heterocycles. The second kappa shape index (κ2) is 5.07. The zero-order valence-corrected chi connectivity index (χ0v) is 15.3. The number of sulfonamides is 1. The van der Waals surface area contributed by atoms with E-state index >= 15 is 0 Å². The van der Waals surface area contributed by atoms with E-state index in [-0.39, 0.29) is 28.5 Å². The number of hydrogen-bond acceptors (Lipinski definition) is 4. The molecular weight excluding hydrogens is 326 g/mol. The average Bonchev–Trinajstić information content (AvgIpc) is 2.86. The van der Waals surface area contributed by atoms with E-state index in [2.05, 4.69) is 13.8 Å². The monoisotopic (exact) mass is 353 g/mol. The van der Waals surface area contributed by atoms with Gasteiger partial charge < -0.3 is 5.11 Å². The van der Waals surface area contributed by atoms with E-state index in [0.29, 0.717) is 18.8 Å². The number of hydrogen-bond donors (Lipinski definition) is 1. The molecule has 2 bridgehead atoms. The normalized spacial score (nSPS) is 45.2. The molecule has 3 fully saturated rings. The Bertz CT molecular complexity index is 698. The first-order valence-corrected chi connectivity index (χ1v) is 10.7. The molecule has 0 radical (unpaired) electrons. The minimum Gasteiger partial charge on any atom is -0.392 e. The summed E-state index contributed by atoms with van der Waals surface area (Å²) in [7, 11) is -3.60. The number of carbonyl (C=O) groups is 1. The molecule has 1 spiro atoms. The molecule has 1 amide bonds. The average molecular weight is 353 g/mol. The molecular formula is C18H27NO4S. The van der Waals surface area contributed by atoms with Gasteiger partial charge in [0, 0.05) is 5.41 Å². The highest BCUT2D eigenvalue weighted by Crippen LogP contribution is 2.70.